The molecule has 0 unspecified atom stereocenters. The molecule has 0 saturated carbocycles. The fourth-order valence-corrected chi connectivity index (χ4v) is 5.94. The van der Waals surface area contributed by atoms with E-state index in [1.807, 2.05) is 57.2 Å². The number of aromatic nitrogens is 1. The molecule has 0 spiro atoms. The van der Waals surface area contributed by atoms with Crippen LogP contribution in [0.3, 0.4) is 0 Å². The molecule has 2 N–H and O–H groups in total. The lowest BCUT2D eigenvalue weighted by molar-refractivity contribution is -0.113. The van der Waals surface area contributed by atoms with Gasteiger partial charge in [-0.3, -0.25) is 9.59 Å². The summed E-state index contributed by atoms with van der Waals surface area (Å²) in [4.78, 5) is 29.7. The highest BCUT2D eigenvalue weighted by molar-refractivity contribution is 9.10. The molecule has 2 amide bonds. The third-order valence-electron chi connectivity index (χ3n) is 5.01. The van der Waals surface area contributed by atoms with Gasteiger partial charge >= 0.3 is 0 Å². The van der Waals surface area contributed by atoms with Crippen LogP contribution in [-0.4, -0.2) is 22.6 Å². The number of halogens is 1. The molecule has 168 valence electrons. The number of carbonyl (C=O) groups is 2. The largest absolute Gasteiger partial charge is 0.325 e. The summed E-state index contributed by atoms with van der Waals surface area (Å²) in [6, 6.07) is 17.1. The molecule has 1 aromatic heterocycles. The molecule has 33 heavy (non-hydrogen) atoms. The van der Waals surface area contributed by atoms with Crippen LogP contribution in [-0.2, 0) is 4.79 Å². The molecule has 3 aromatic carbocycles. The Hall–Kier alpha value is -2.68. The Bertz CT molecular complexity index is 1340. The summed E-state index contributed by atoms with van der Waals surface area (Å²) in [6.07, 6.45) is 0. The number of thioether (sulfide) groups is 1. The van der Waals surface area contributed by atoms with E-state index in [4.69, 9.17) is 0 Å². The fraction of sp³-hybridized carbons (Fsp3) is 0.160. The Morgan fingerprint density at radius 1 is 1.00 bits per heavy atom. The summed E-state index contributed by atoms with van der Waals surface area (Å²) >= 11 is 6.32. The first-order valence-corrected chi connectivity index (χ1v) is 12.9. The molecule has 0 aliphatic rings. The van der Waals surface area contributed by atoms with Gasteiger partial charge in [0.2, 0.25) is 5.91 Å². The molecule has 4 rings (SSSR count). The van der Waals surface area contributed by atoms with E-state index in [2.05, 4.69) is 43.7 Å². The lowest BCUT2D eigenvalue weighted by Crippen LogP contribution is -2.15. The highest BCUT2D eigenvalue weighted by atomic mass is 79.9. The van der Waals surface area contributed by atoms with E-state index in [-0.39, 0.29) is 17.6 Å². The zero-order valence-electron chi connectivity index (χ0n) is 18.4. The van der Waals surface area contributed by atoms with Gasteiger partial charge in [0, 0.05) is 15.8 Å². The van der Waals surface area contributed by atoms with Gasteiger partial charge < -0.3 is 10.6 Å². The van der Waals surface area contributed by atoms with Crippen LogP contribution in [0, 0.1) is 20.8 Å². The van der Waals surface area contributed by atoms with Crippen LogP contribution in [0.1, 0.15) is 27.0 Å². The summed E-state index contributed by atoms with van der Waals surface area (Å²) in [5.41, 5.74) is 6.28. The number of carbonyl (C=O) groups excluding carboxylic acids is 2. The van der Waals surface area contributed by atoms with Gasteiger partial charge in [0.1, 0.15) is 0 Å². The fourth-order valence-electron chi connectivity index (χ4n) is 3.57. The van der Waals surface area contributed by atoms with E-state index in [0.717, 1.165) is 35.8 Å². The van der Waals surface area contributed by atoms with Crippen molar-refractivity contribution in [1.29, 1.82) is 0 Å². The summed E-state index contributed by atoms with van der Waals surface area (Å²) in [7, 11) is 0. The zero-order valence-corrected chi connectivity index (χ0v) is 21.6. The summed E-state index contributed by atoms with van der Waals surface area (Å²) in [6.45, 7) is 6.05. The molecular formula is C25H22BrN3O2S2. The van der Waals surface area contributed by atoms with Crippen molar-refractivity contribution >= 4 is 72.4 Å². The van der Waals surface area contributed by atoms with Gasteiger partial charge in [-0.1, -0.05) is 41.6 Å². The maximum absolute atomic E-state index is 12.6. The first kappa shape index (κ1) is 23.5. The van der Waals surface area contributed by atoms with Crippen LogP contribution in [0.4, 0.5) is 11.4 Å². The zero-order chi connectivity index (χ0) is 23.5. The highest BCUT2D eigenvalue weighted by Crippen LogP contribution is 2.32. The molecule has 8 heteroatoms. The number of amides is 2. The minimum absolute atomic E-state index is 0.0595. The predicted octanol–water partition coefficient (Wildman–Crippen LogP) is 6.97. The normalized spacial score (nSPS) is 10.9. The van der Waals surface area contributed by atoms with Gasteiger partial charge in [-0.15, -0.1) is 11.3 Å². The van der Waals surface area contributed by atoms with Crippen LogP contribution in [0.25, 0.3) is 10.2 Å². The van der Waals surface area contributed by atoms with Crippen molar-refractivity contribution in [3.8, 4) is 0 Å². The number of benzene rings is 3. The molecule has 4 aromatic rings. The second-order valence-corrected chi connectivity index (χ2v) is 10.8. The van der Waals surface area contributed by atoms with Crippen molar-refractivity contribution in [3.63, 3.8) is 0 Å². The second kappa shape index (κ2) is 10.1. The van der Waals surface area contributed by atoms with Crippen LogP contribution in [0.5, 0.6) is 0 Å². The summed E-state index contributed by atoms with van der Waals surface area (Å²) < 4.78 is 2.51. The van der Waals surface area contributed by atoms with E-state index in [9.17, 15) is 9.59 Å². The Balaban J connectivity index is 1.41. The number of rotatable bonds is 6. The van der Waals surface area contributed by atoms with E-state index in [1.54, 1.807) is 6.07 Å². The molecule has 0 atom stereocenters. The quantitative estimate of drug-likeness (QED) is 0.259. The van der Waals surface area contributed by atoms with Crippen LogP contribution < -0.4 is 10.6 Å². The standard InChI is InChI=1S/C25H22BrN3O2S2/c1-14-10-15(2)23(16(3)11-14)29-22(30)13-32-25-28-20-9-8-17(12-21(20)33-25)27-24(31)18-6-4-5-7-19(18)26/h4-12H,13H2,1-3H3,(H,27,31)(H,29,30). The minimum atomic E-state index is -0.181. The Morgan fingerprint density at radius 3 is 2.45 bits per heavy atom. The maximum atomic E-state index is 12.6. The van der Waals surface area contributed by atoms with Gasteiger partial charge in [-0.05, 0) is 78.2 Å². The first-order valence-electron chi connectivity index (χ1n) is 10.3. The Morgan fingerprint density at radius 2 is 1.73 bits per heavy atom. The van der Waals surface area contributed by atoms with Crippen LogP contribution in [0.2, 0.25) is 0 Å². The summed E-state index contributed by atoms with van der Waals surface area (Å²) in [5.74, 6) is 0.0353. The molecule has 0 saturated heterocycles. The molecule has 5 nitrogen and oxygen atoms in total. The van der Waals surface area contributed by atoms with Gasteiger partial charge in [-0.2, -0.15) is 0 Å². The molecule has 0 aliphatic carbocycles. The minimum Gasteiger partial charge on any atom is -0.325 e. The Labute approximate surface area is 209 Å². The van der Waals surface area contributed by atoms with Crippen molar-refractivity contribution in [2.45, 2.75) is 25.1 Å². The molecular weight excluding hydrogens is 518 g/mol. The smallest absolute Gasteiger partial charge is 0.256 e. The van der Waals surface area contributed by atoms with E-state index < -0.39 is 0 Å². The Kier molecular flexibility index (Phi) is 7.17. The molecule has 0 radical (unpaired) electrons. The van der Waals surface area contributed by atoms with Crippen molar-refractivity contribution < 1.29 is 9.59 Å². The number of thiazole rings is 1. The van der Waals surface area contributed by atoms with E-state index >= 15 is 0 Å². The maximum Gasteiger partial charge on any atom is 0.256 e. The molecule has 1 heterocycles. The van der Waals surface area contributed by atoms with Gasteiger partial charge in [-0.25, -0.2) is 4.98 Å². The number of nitrogens with one attached hydrogen (secondary N) is 2. The van der Waals surface area contributed by atoms with Crippen LogP contribution in [0.15, 0.2) is 63.4 Å². The highest BCUT2D eigenvalue weighted by Gasteiger charge is 2.13. The molecule has 0 fully saturated rings. The third-order valence-corrected chi connectivity index (χ3v) is 7.87. The number of nitrogens with zero attached hydrogens (tertiary/aromatic N) is 1. The lowest BCUT2D eigenvalue weighted by Gasteiger charge is -2.12. The predicted molar refractivity (Wildman–Crippen MR) is 142 cm³/mol. The number of hydrogen-bond acceptors (Lipinski definition) is 5. The average Bonchev–Trinajstić information content (AvgIpc) is 3.17. The summed E-state index contributed by atoms with van der Waals surface area (Å²) in [5, 5.41) is 5.96. The van der Waals surface area contributed by atoms with Crippen LogP contribution >= 0.6 is 39.0 Å². The number of hydrogen-bond donors (Lipinski definition) is 2. The number of fused-ring (bicyclic) bond motifs is 1. The molecule has 0 bridgehead atoms. The average molecular weight is 541 g/mol. The van der Waals surface area contributed by atoms with Gasteiger partial charge in [0.05, 0.1) is 21.5 Å². The van der Waals surface area contributed by atoms with E-state index in [0.29, 0.717) is 11.3 Å². The van der Waals surface area contributed by atoms with Crippen molar-refractivity contribution in [3.05, 3.63) is 81.3 Å². The van der Waals surface area contributed by atoms with Crippen molar-refractivity contribution in [2.75, 3.05) is 16.4 Å². The first-order chi connectivity index (χ1) is 15.8. The van der Waals surface area contributed by atoms with E-state index in [1.165, 1.54) is 28.7 Å². The van der Waals surface area contributed by atoms with Crippen molar-refractivity contribution in [1.82, 2.24) is 4.98 Å². The lowest BCUT2D eigenvalue weighted by atomic mass is 10.1. The number of anilines is 2. The van der Waals surface area contributed by atoms with Gasteiger partial charge in [0.15, 0.2) is 4.34 Å². The second-order valence-electron chi connectivity index (χ2n) is 7.71. The van der Waals surface area contributed by atoms with Gasteiger partial charge in [0.25, 0.3) is 5.91 Å². The SMILES string of the molecule is Cc1cc(C)c(NC(=O)CSc2nc3ccc(NC(=O)c4ccccc4Br)cc3s2)c(C)c1. The van der Waals surface area contributed by atoms with Crippen molar-refractivity contribution in [2.24, 2.45) is 0 Å². The molecule has 0 aliphatic heterocycles. The number of aryl methyl sites for hydroxylation is 3. The topological polar surface area (TPSA) is 71.1 Å². The monoisotopic (exact) mass is 539 g/mol. The third kappa shape index (κ3) is 5.63.